The van der Waals surface area contributed by atoms with E-state index in [2.05, 4.69) is 17.5 Å². The normalized spacial score (nSPS) is 12.9. The van der Waals surface area contributed by atoms with Gasteiger partial charge in [0.05, 0.1) is 16.6 Å². The first-order valence-corrected chi connectivity index (χ1v) is 5.40. The average molecular weight is 276 g/mol. The van der Waals surface area contributed by atoms with Gasteiger partial charge in [0.2, 0.25) is 0 Å². The van der Waals surface area contributed by atoms with Gasteiger partial charge in [0.1, 0.15) is 0 Å². The fourth-order valence-corrected chi connectivity index (χ4v) is 1.25. The summed E-state index contributed by atoms with van der Waals surface area (Å²) in [6.07, 6.45) is -4.48. The molecule has 0 aliphatic heterocycles. The van der Waals surface area contributed by atoms with Crippen LogP contribution in [0.5, 0.6) is 0 Å². The van der Waals surface area contributed by atoms with Crippen molar-refractivity contribution >= 4 is 23.1 Å². The molecular weight excluding hydrogens is 265 g/mol. The molecule has 18 heavy (non-hydrogen) atoms. The minimum atomic E-state index is -4.48. The van der Waals surface area contributed by atoms with E-state index in [9.17, 15) is 18.0 Å². The van der Waals surface area contributed by atoms with Gasteiger partial charge in [-0.15, -0.1) is 0 Å². The van der Waals surface area contributed by atoms with E-state index in [1.54, 1.807) is 6.92 Å². The average Bonchev–Trinajstić information content (AvgIpc) is 2.27. The van der Waals surface area contributed by atoms with Gasteiger partial charge in [-0.25, -0.2) is 0 Å². The van der Waals surface area contributed by atoms with Crippen LogP contribution in [0.25, 0.3) is 0 Å². The first-order chi connectivity index (χ1) is 8.21. The van der Waals surface area contributed by atoms with Crippen molar-refractivity contribution in [2.24, 2.45) is 5.73 Å². The molecule has 0 fully saturated rings. The Balaban J connectivity index is 2.91. The van der Waals surface area contributed by atoms with Gasteiger partial charge < -0.3 is 11.1 Å². The molecule has 1 rings (SSSR count). The van der Waals surface area contributed by atoms with Crippen LogP contribution in [0, 0.1) is 0 Å². The third-order valence-electron chi connectivity index (χ3n) is 2.23. The second-order valence-electron chi connectivity index (χ2n) is 3.68. The summed E-state index contributed by atoms with van der Waals surface area (Å²) in [7, 11) is 0. The van der Waals surface area contributed by atoms with Crippen molar-refractivity contribution in [3.05, 3.63) is 35.4 Å². The standard InChI is InChI=1S/C11H11F3N2OS/c1-6(9(15)18)16-10(17)7-3-2-4-8(5-7)11(12,13)14/h2-6H,1H3,(H2,15,18)(H,16,17). The van der Waals surface area contributed by atoms with E-state index < -0.39 is 23.7 Å². The summed E-state index contributed by atoms with van der Waals surface area (Å²) < 4.78 is 37.3. The molecule has 0 radical (unpaired) electrons. The van der Waals surface area contributed by atoms with Gasteiger partial charge in [0.25, 0.3) is 5.91 Å². The van der Waals surface area contributed by atoms with Crippen LogP contribution < -0.4 is 11.1 Å². The van der Waals surface area contributed by atoms with E-state index in [0.717, 1.165) is 12.1 Å². The molecule has 98 valence electrons. The Kier molecular flexibility index (Phi) is 4.28. The van der Waals surface area contributed by atoms with Crippen molar-refractivity contribution in [3.8, 4) is 0 Å². The number of nitrogens with one attached hydrogen (secondary N) is 1. The van der Waals surface area contributed by atoms with E-state index >= 15 is 0 Å². The smallest absolute Gasteiger partial charge is 0.392 e. The first kappa shape index (κ1) is 14.4. The molecule has 7 heteroatoms. The summed E-state index contributed by atoms with van der Waals surface area (Å²) >= 11 is 4.65. The highest BCUT2D eigenvalue weighted by Crippen LogP contribution is 2.29. The van der Waals surface area contributed by atoms with Crippen molar-refractivity contribution in [3.63, 3.8) is 0 Å². The van der Waals surface area contributed by atoms with Crippen LogP contribution in [0.2, 0.25) is 0 Å². The molecule has 1 aromatic carbocycles. The second-order valence-corrected chi connectivity index (χ2v) is 4.15. The van der Waals surface area contributed by atoms with Gasteiger partial charge in [0, 0.05) is 5.56 Å². The summed E-state index contributed by atoms with van der Waals surface area (Å²) in [4.78, 5) is 11.7. The molecule has 0 aromatic heterocycles. The zero-order valence-electron chi connectivity index (χ0n) is 9.41. The topological polar surface area (TPSA) is 55.1 Å². The monoisotopic (exact) mass is 276 g/mol. The van der Waals surface area contributed by atoms with Crippen molar-refractivity contribution in [1.82, 2.24) is 5.32 Å². The minimum Gasteiger partial charge on any atom is -0.392 e. The number of thiocarbonyl (C=S) groups is 1. The molecule has 1 atom stereocenters. The van der Waals surface area contributed by atoms with Gasteiger partial charge in [-0.3, -0.25) is 4.79 Å². The van der Waals surface area contributed by atoms with Crippen molar-refractivity contribution < 1.29 is 18.0 Å². The van der Waals surface area contributed by atoms with E-state index in [0.29, 0.717) is 0 Å². The number of rotatable bonds is 3. The number of nitrogens with two attached hydrogens (primary N) is 1. The zero-order chi connectivity index (χ0) is 13.9. The molecule has 0 aliphatic rings. The van der Waals surface area contributed by atoms with E-state index in [-0.39, 0.29) is 10.6 Å². The second kappa shape index (κ2) is 5.34. The SMILES string of the molecule is CC(NC(=O)c1cccc(C(F)(F)F)c1)C(N)=S. The summed E-state index contributed by atoms with van der Waals surface area (Å²) in [5.74, 6) is -0.651. The third kappa shape index (κ3) is 3.69. The Morgan fingerprint density at radius 3 is 2.56 bits per heavy atom. The maximum Gasteiger partial charge on any atom is 0.416 e. The van der Waals surface area contributed by atoms with Crippen LogP contribution in [0.4, 0.5) is 13.2 Å². The van der Waals surface area contributed by atoms with Crippen LogP contribution >= 0.6 is 12.2 Å². The highest BCUT2D eigenvalue weighted by atomic mass is 32.1. The summed E-state index contributed by atoms with van der Waals surface area (Å²) in [6.45, 7) is 1.55. The lowest BCUT2D eigenvalue weighted by atomic mass is 10.1. The number of hydrogen-bond donors (Lipinski definition) is 2. The fourth-order valence-electron chi connectivity index (χ4n) is 1.19. The molecule has 3 N–H and O–H groups in total. The maximum atomic E-state index is 12.4. The van der Waals surface area contributed by atoms with Crippen LogP contribution in [0.15, 0.2) is 24.3 Å². The van der Waals surface area contributed by atoms with Crippen molar-refractivity contribution in [1.29, 1.82) is 0 Å². The number of carbonyl (C=O) groups excluding carboxylic acids is 1. The van der Waals surface area contributed by atoms with Gasteiger partial charge >= 0.3 is 6.18 Å². The Bertz CT molecular complexity index is 474. The van der Waals surface area contributed by atoms with Gasteiger partial charge in [0.15, 0.2) is 0 Å². The molecule has 0 aliphatic carbocycles. The lowest BCUT2D eigenvalue weighted by Gasteiger charge is -2.13. The van der Waals surface area contributed by atoms with Crippen molar-refractivity contribution in [2.75, 3.05) is 0 Å². The highest BCUT2D eigenvalue weighted by molar-refractivity contribution is 7.80. The predicted molar refractivity (Wildman–Crippen MR) is 65.2 cm³/mol. The number of benzene rings is 1. The summed E-state index contributed by atoms with van der Waals surface area (Å²) in [6, 6.07) is 3.55. The Morgan fingerprint density at radius 1 is 1.44 bits per heavy atom. The molecule has 1 unspecified atom stereocenters. The van der Waals surface area contributed by atoms with Crippen LogP contribution in [0.1, 0.15) is 22.8 Å². The van der Waals surface area contributed by atoms with Crippen LogP contribution in [-0.4, -0.2) is 16.9 Å². The molecule has 1 amide bonds. The highest BCUT2D eigenvalue weighted by Gasteiger charge is 2.30. The molecule has 0 spiro atoms. The molecule has 0 saturated heterocycles. The maximum absolute atomic E-state index is 12.4. The minimum absolute atomic E-state index is 0.0651. The van der Waals surface area contributed by atoms with E-state index in [1.165, 1.54) is 12.1 Å². The van der Waals surface area contributed by atoms with E-state index in [1.807, 2.05) is 0 Å². The molecule has 0 heterocycles. The molecular formula is C11H11F3N2OS. The molecule has 3 nitrogen and oxygen atoms in total. The predicted octanol–water partition coefficient (Wildman–Crippen LogP) is 2.11. The molecule has 1 aromatic rings. The number of carbonyl (C=O) groups is 1. The number of hydrogen-bond acceptors (Lipinski definition) is 2. The quantitative estimate of drug-likeness (QED) is 0.831. The number of halogens is 3. The van der Waals surface area contributed by atoms with Gasteiger partial charge in [-0.2, -0.15) is 13.2 Å². The van der Waals surface area contributed by atoms with Crippen LogP contribution in [0.3, 0.4) is 0 Å². The Morgan fingerprint density at radius 2 is 2.06 bits per heavy atom. The summed E-state index contributed by atoms with van der Waals surface area (Å²) in [5, 5.41) is 2.40. The van der Waals surface area contributed by atoms with Crippen molar-refractivity contribution in [2.45, 2.75) is 19.1 Å². The number of alkyl halides is 3. The van der Waals surface area contributed by atoms with E-state index in [4.69, 9.17) is 5.73 Å². The Labute approximate surface area is 107 Å². The van der Waals surface area contributed by atoms with Gasteiger partial charge in [-0.05, 0) is 25.1 Å². The van der Waals surface area contributed by atoms with Crippen LogP contribution in [-0.2, 0) is 6.18 Å². The van der Waals surface area contributed by atoms with Gasteiger partial charge in [-0.1, -0.05) is 18.3 Å². The first-order valence-electron chi connectivity index (χ1n) is 4.99. The third-order valence-corrected chi connectivity index (χ3v) is 2.58. The molecule has 0 saturated carbocycles. The zero-order valence-corrected chi connectivity index (χ0v) is 10.2. The number of amides is 1. The molecule has 0 bridgehead atoms. The fraction of sp³-hybridized carbons (Fsp3) is 0.273. The lowest BCUT2D eigenvalue weighted by Crippen LogP contribution is -2.41. The lowest BCUT2D eigenvalue weighted by molar-refractivity contribution is -0.137. The Hall–Kier alpha value is -1.63. The largest absolute Gasteiger partial charge is 0.416 e. The summed E-state index contributed by atoms with van der Waals surface area (Å²) in [5.41, 5.74) is 4.33.